The van der Waals surface area contributed by atoms with E-state index >= 15 is 4.39 Å². The molecule has 1 aliphatic heterocycles. The number of alkyl halides is 3. The number of halogens is 6. The molecule has 38 heavy (non-hydrogen) atoms. The summed E-state index contributed by atoms with van der Waals surface area (Å²) >= 11 is 6.14. The molecule has 4 rings (SSSR count). The SMILES string of the molecule is CCC(NC(=O)c1cn(-c2c(F)cc(F)cc2Cl)c2nc(N3C[C@@](C)(O)C[C@H]3C)ccc2c1=O)C(F)(F)F. The van der Waals surface area contributed by atoms with Gasteiger partial charge in [-0.2, -0.15) is 13.2 Å². The van der Waals surface area contributed by atoms with Crippen molar-refractivity contribution in [3.63, 3.8) is 0 Å². The van der Waals surface area contributed by atoms with E-state index in [1.165, 1.54) is 19.1 Å². The number of amides is 1. The Bertz CT molecular complexity index is 1450. The quantitative estimate of drug-likeness (QED) is 0.442. The predicted octanol–water partition coefficient (Wildman–Crippen LogP) is 4.74. The number of nitrogens with zero attached hydrogens (tertiary/aromatic N) is 3. The smallest absolute Gasteiger partial charge is 0.388 e. The van der Waals surface area contributed by atoms with Gasteiger partial charge in [0.1, 0.15) is 28.9 Å². The molecular formula is C25H24ClF5N4O3. The van der Waals surface area contributed by atoms with Crippen LogP contribution >= 0.6 is 11.6 Å². The number of hydrogen-bond acceptors (Lipinski definition) is 5. The minimum Gasteiger partial charge on any atom is -0.388 e. The highest BCUT2D eigenvalue weighted by Crippen LogP contribution is 2.33. The zero-order valence-corrected chi connectivity index (χ0v) is 21.3. The summed E-state index contributed by atoms with van der Waals surface area (Å²) in [5.74, 6) is -3.16. The molecule has 0 radical (unpaired) electrons. The molecule has 13 heteroatoms. The fourth-order valence-corrected chi connectivity index (χ4v) is 5.03. The topological polar surface area (TPSA) is 87.5 Å². The zero-order valence-electron chi connectivity index (χ0n) is 20.5. The first-order chi connectivity index (χ1) is 17.6. The number of aliphatic hydroxyl groups is 1. The van der Waals surface area contributed by atoms with Crippen LogP contribution in [-0.4, -0.2) is 51.0 Å². The van der Waals surface area contributed by atoms with E-state index in [2.05, 4.69) is 4.98 Å². The van der Waals surface area contributed by atoms with Crippen LogP contribution < -0.4 is 15.6 Å². The van der Waals surface area contributed by atoms with E-state index in [0.29, 0.717) is 18.3 Å². The monoisotopic (exact) mass is 558 g/mol. The molecule has 0 saturated carbocycles. The Morgan fingerprint density at radius 1 is 1.32 bits per heavy atom. The second-order valence-electron chi connectivity index (χ2n) is 9.65. The lowest BCUT2D eigenvalue weighted by Crippen LogP contribution is -2.46. The molecule has 0 bridgehead atoms. The highest BCUT2D eigenvalue weighted by Gasteiger charge is 2.40. The Morgan fingerprint density at radius 2 is 2.00 bits per heavy atom. The average Bonchev–Trinajstić information content (AvgIpc) is 3.09. The number of rotatable bonds is 5. The van der Waals surface area contributed by atoms with Crippen LogP contribution in [0.25, 0.3) is 16.7 Å². The van der Waals surface area contributed by atoms with Crippen molar-refractivity contribution in [1.29, 1.82) is 0 Å². The molecule has 2 aromatic heterocycles. The number of pyridine rings is 2. The minimum atomic E-state index is -4.77. The third-order valence-electron chi connectivity index (χ3n) is 6.48. The van der Waals surface area contributed by atoms with E-state index in [1.54, 1.807) is 17.1 Å². The van der Waals surface area contributed by atoms with Crippen LogP contribution in [0.15, 0.2) is 35.3 Å². The van der Waals surface area contributed by atoms with Gasteiger partial charge in [0.15, 0.2) is 11.5 Å². The summed E-state index contributed by atoms with van der Waals surface area (Å²) in [4.78, 5) is 32.4. The molecule has 1 saturated heterocycles. The van der Waals surface area contributed by atoms with E-state index in [9.17, 15) is 32.3 Å². The van der Waals surface area contributed by atoms with E-state index in [1.807, 2.05) is 6.92 Å². The number of aromatic nitrogens is 2. The highest BCUT2D eigenvalue weighted by molar-refractivity contribution is 6.32. The zero-order chi connectivity index (χ0) is 28.2. The third-order valence-corrected chi connectivity index (χ3v) is 6.77. The maximum absolute atomic E-state index is 15.0. The van der Waals surface area contributed by atoms with Gasteiger partial charge in [-0.05, 0) is 44.9 Å². The summed E-state index contributed by atoms with van der Waals surface area (Å²) in [6.07, 6.45) is -3.99. The fourth-order valence-electron chi connectivity index (χ4n) is 4.74. The Balaban J connectivity index is 1.96. The summed E-state index contributed by atoms with van der Waals surface area (Å²) in [7, 11) is 0. The molecule has 3 aromatic rings. The first-order valence-electron chi connectivity index (χ1n) is 11.7. The van der Waals surface area contributed by atoms with Crippen molar-refractivity contribution in [1.82, 2.24) is 14.9 Å². The average molecular weight is 559 g/mol. The number of carbonyl (C=O) groups is 1. The lowest BCUT2D eigenvalue weighted by Gasteiger charge is -2.24. The van der Waals surface area contributed by atoms with Crippen molar-refractivity contribution in [2.45, 2.75) is 57.5 Å². The third kappa shape index (κ3) is 5.19. The summed E-state index contributed by atoms with van der Waals surface area (Å²) in [5.41, 5.74) is -3.30. The van der Waals surface area contributed by atoms with Crippen molar-refractivity contribution in [2.24, 2.45) is 0 Å². The standard InChI is InChI=1S/C25H24ClF5N4O3/c1-4-18(25(29,30)31)32-23(37)15-10-34(20-16(26)7-13(27)8-17(20)28)22-14(21(15)36)5-6-19(33-22)35-11-24(3,38)9-12(35)2/h5-8,10,12,18,38H,4,9,11H2,1-3H3,(H,32,37)/t12-,18?,24+/m1/s1. The number of hydrogen-bond donors (Lipinski definition) is 2. The van der Waals surface area contributed by atoms with Crippen LogP contribution in [-0.2, 0) is 0 Å². The predicted molar refractivity (Wildman–Crippen MR) is 132 cm³/mol. The highest BCUT2D eigenvalue weighted by atomic mass is 35.5. The van der Waals surface area contributed by atoms with Crippen LogP contribution in [0.5, 0.6) is 0 Å². The van der Waals surface area contributed by atoms with Crippen molar-refractivity contribution in [3.8, 4) is 5.69 Å². The molecule has 1 unspecified atom stereocenters. The largest absolute Gasteiger partial charge is 0.408 e. The van der Waals surface area contributed by atoms with Gasteiger partial charge >= 0.3 is 6.18 Å². The number of carbonyl (C=O) groups excluding carboxylic acids is 1. The summed E-state index contributed by atoms with van der Waals surface area (Å²) < 4.78 is 69.6. The molecule has 204 valence electrons. The first kappa shape index (κ1) is 27.8. The van der Waals surface area contributed by atoms with Gasteiger partial charge in [-0.1, -0.05) is 18.5 Å². The summed E-state index contributed by atoms with van der Waals surface area (Å²) in [6.45, 7) is 4.94. The van der Waals surface area contributed by atoms with Crippen molar-refractivity contribution >= 4 is 34.4 Å². The molecule has 2 N–H and O–H groups in total. The lowest BCUT2D eigenvalue weighted by molar-refractivity contribution is -0.153. The second-order valence-corrected chi connectivity index (χ2v) is 10.1. The molecule has 3 heterocycles. The van der Waals surface area contributed by atoms with Crippen molar-refractivity contribution in [2.75, 3.05) is 11.4 Å². The van der Waals surface area contributed by atoms with E-state index in [0.717, 1.165) is 16.8 Å². The fraction of sp³-hybridized carbons (Fsp3) is 0.400. The molecule has 1 aliphatic rings. The second kappa shape index (κ2) is 9.81. The number of benzene rings is 1. The van der Waals surface area contributed by atoms with Gasteiger partial charge < -0.3 is 15.3 Å². The van der Waals surface area contributed by atoms with Gasteiger partial charge in [-0.15, -0.1) is 0 Å². The molecule has 1 aromatic carbocycles. The van der Waals surface area contributed by atoms with E-state index in [4.69, 9.17) is 11.6 Å². The molecule has 0 aliphatic carbocycles. The minimum absolute atomic E-state index is 0.153. The maximum Gasteiger partial charge on any atom is 0.408 e. The van der Waals surface area contributed by atoms with Gasteiger partial charge in [0.2, 0.25) is 5.43 Å². The summed E-state index contributed by atoms with van der Waals surface area (Å²) in [6, 6.07) is 1.73. The van der Waals surface area contributed by atoms with E-state index < -0.39 is 63.5 Å². The van der Waals surface area contributed by atoms with Gasteiger partial charge in [0, 0.05) is 24.8 Å². The molecule has 0 spiro atoms. The number of fused-ring (bicyclic) bond motifs is 1. The number of anilines is 1. The van der Waals surface area contributed by atoms with Crippen LogP contribution in [0.3, 0.4) is 0 Å². The molecule has 1 fully saturated rings. The van der Waals surface area contributed by atoms with Gasteiger partial charge in [0.25, 0.3) is 5.91 Å². The van der Waals surface area contributed by atoms with Crippen LogP contribution in [0.1, 0.15) is 44.0 Å². The summed E-state index contributed by atoms with van der Waals surface area (Å²) in [5, 5.41) is 11.6. The molecular weight excluding hydrogens is 535 g/mol. The number of nitrogens with one attached hydrogen (secondary N) is 1. The molecule has 1 amide bonds. The Morgan fingerprint density at radius 3 is 2.55 bits per heavy atom. The van der Waals surface area contributed by atoms with Gasteiger partial charge in [0.05, 0.1) is 16.0 Å². The van der Waals surface area contributed by atoms with Crippen LogP contribution in [0.4, 0.5) is 27.8 Å². The Hall–Kier alpha value is -3.25. The Kier molecular flexibility index (Phi) is 7.17. The maximum atomic E-state index is 15.0. The Labute approximate surface area is 218 Å². The molecule has 7 nitrogen and oxygen atoms in total. The van der Waals surface area contributed by atoms with Crippen molar-refractivity contribution in [3.05, 3.63) is 62.9 Å². The van der Waals surface area contributed by atoms with Crippen molar-refractivity contribution < 1.29 is 31.9 Å². The van der Waals surface area contributed by atoms with E-state index in [-0.39, 0.29) is 23.6 Å². The van der Waals surface area contributed by atoms with Crippen LogP contribution in [0, 0.1) is 11.6 Å². The van der Waals surface area contributed by atoms with Gasteiger partial charge in [-0.3, -0.25) is 14.2 Å². The first-order valence-corrected chi connectivity index (χ1v) is 12.1. The molecule has 3 atom stereocenters. The number of β-amino-alcohol motifs (C(OH)–C–C–N with tert-alkyl or cyclic N) is 1. The lowest BCUT2D eigenvalue weighted by atomic mass is 10.0. The normalized spacial score (nSPS) is 20.7. The van der Waals surface area contributed by atoms with Crippen LogP contribution in [0.2, 0.25) is 5.02 Å². The van der Waals surface area contributed by atoms with Gasteiger partial charge in [-0.25, -0.2) is 13.8 Å².